The van der Waals surface area contributed by atoms with Crippen molar-refractivity contribution in [2.24, 2.45) is 0 Å². The molecule has 6 rings (SSSR count). The predicted molar refractivity (Wildman–Crippen MR) is 106 cm³/mol. The maximum atomic E-state index is 5.61. The molecule has 0 atom stereocenters. The third-order valence-corrected chi connectivity index (χ3v) is 5.21. The Labute approximate surface area is 165 Å². The maximum absolute atomic E-state index is 5.61. The smallest absolute Gasteiger partial charge is 0.207 e. The Morgan fingerprint density at radius 2 is 2.00 bits per heavy atom. The molecule has 0 unspecified atom stereocenters. The van der Waals surface area contributed by atoms with Gasteiger partial charge in [0.25, 0.3) is 0 Å². The van der Waals surface area contributed by atoms with Gasteiger partial charge in [-0.05, 0) is 31.0 Å². The second-order valence-electron chi connectivity index (χ2n) is 7.09. The summed E-state index contributed by atoms with van der Waals surface area (Å²) in [6, 6.07) is 13.5. The van der Waals surface area contributed by atoms with Crippen LogP contribution in [-0.2, 0) is 0 Å². The van der Waals surface area contributed by atoms with E-state index in [4.69, 9.17) is 14.4 Å². The molecule has 4 heterocycles. The second-order valence-corrected chi connectivity index (χ2v) is 7.09. The summed E-state index contributed by atoms with van der Waals surface area (Å²) >= 11 is 0. The van der Waals surface area contributed by atoms with Gasteiger partial charge in [-0.2, -0.15) is 9.61 Å². The molecule has 8 heteroatoms. The minimum absolute atomic E-state index is 0.470. The van der Waals surface area contributed by atoms with Crippen LogP contribution in [0.1, 0.15) is 24.5 Å². The highest BCUT2D eigenvalue weighted by Gasteiger charge is 2.29. The Hall–Kier alpha value is -3.81. The van der Waals surface area contributed by atoms with Crippen LogP contribution in [0.3, 0.4) is 0 Å². The summed E-state index contributed by atoms with van der Waals surface area (Å²) in [5.74, 6) is 2.61. The summed E-state index contributed by atoms with van der Waals surface area (Å²) in [6.45, 7) is 0. The molecule has 1 aromatic carbocycles. The topological polar surface area (TPSA) is 91.2 Å². The van der Waals surface area contributed by atoms with Crippen LogP contribution in [0.2, 0.25) is 0 Å². The number of nitrogens with zero attached hydrogens (tertiary/aromatic N) is 6. The molecule has 1 saturated carbocycles. The molecule has 0 saturated heterocycles. The maximum Gasteiger partial charge on any atom is 0.207 e. The molecule has 0 radical (unpaired) electrons. The van der Waals surface area contributed by atoms with Gasteiger partial charge in [-0.1, -0.05) is 23.4 Å². The van der Waals surface area contributed by atoms with Gasteiger partial charge in [-0.3, -0.25) is 4.98 Å². The first kappa shape index (κ1) is 16.2. The van der Waals surface area contributed by atoms with Gasteiger partial charge < -0.3 is 9.26 Å². The Balaban J connectivity index is 1.67. The Bertz CT molecular complexity index is 1350. The molecule has 29 heavy (non-hydrogen) atoms. The summed E-state index contributed by atoms with van der Waals surface area (Å²) in [5, 5.41) is 19.6. The van der Waals surface area contributed by atoms with E-state index in [0.29, 0.717) is 34.5 Å². The van der Waals surface area contributed by atoms with Crippen molar-refractivity contribution in [3.05, 3.63) is 54.4 Å². The van der Waals surface area contributed by atoms with Crippen molar-refractivity contribution >= 4 is 16.4 Å². The first-order valence-electron chi connectivity index (χ1n) is 9.44. The van der Waals surface area contributed by atoms with Gasteiger partial charge in [0.2, 0.25) is 5.82 Å². The zero-order chi connectivity index (χ0) is 19.4. The number of methoxy groups -OCH3 is 1. The highest BCUT2D eigenvalue weighted by molar-refractivity contribution is 6.05. The first-order chi connectivity index (χ1) is 14.3. The number of benzene rings is 1. The predicted octanol–water partition coefficient (Wildman–Crippen LogP) is 3.88. The van der Waals surface area contributed by atoms with E-state index in [1.807, 2.05) is 42.5 Å². The van der Waals surface area contributed by atoms with Gasteiger partial charge >= 0.3 is 0 Å². The molecule has 1 fully saturated rings. The molecule has 1 aliphatic carbocycles. The van der Waals surface area contributed by atoms with Gasteiger partial charge in [-0.25, -0.2) is 0 Å². The van der Waals surface area contributed by atoms with E-state index in [1.54, 1.807) is 17.8 Å². The highest BCUT2D eigenvalue weighted by Crippen LogP contribution is 2.41. The number of hydrogen-bond donors (Lipinski definition) is 0. The van der Waals surface area contributed by atoms with Crippen LogP contribution in [0.15, 0.2) is 53.2 Å². The van der Waals surface area contributed by atoms with Crippen LogP contribution in [-0.4, -0.2) is 37.1 Å². The molecule has 1 aliphatic rings. The van der Waals surface area contributed by atoms with Gasteiger partial charge in [0.05, 0.1) is 18.2 Å². The average Bonchev–Trinajstić information content (AvgIpc) is 3.35. The number of aromatic nitrogens is 6. The van der Waals surface area contributed by atoms with Crippen LogP contribution in [0.4, 0.5) is 0 Å². The monoisotopic (exact) mass is 384 g/mol. The lowest BCUT2D eigenvalue weighted by molar-refractivity contribution is 0.386. The van der Waals surface area contributed by atoms with E-state index >= 15 is 0 Å². The summed E-state index contributed by atoms with van der Waals surface area (Å²) in [7, 11) is 1.64. The number of hydrogen-bond acceptors (Lipinski definition) is 7. The minimum atomic E-state index is 0.470. The van der Waals surface area contributed by atoms with Crippen LogP contribution in [0, 0.1) is 0 Å². The number of fused-ring (bicyclic) bond motifs is 3. The molecule has 4 aromatic heterocycles. The van der Waals surface area contributed by atoms with Crippen molar-refractivity contribution in [2.45, 2.75) is 18.8 Å². The van der Waals surface area contributed by atoms with Gasteiger partial charge in [0.15, 0.2) is 11.3 Å². The Kier molecular flexibility index (Phi) is 3.40. The van der Waals surface area contributed by atoms with E-state index in [1.165, 1.54) is 0 Å². The minimum Gasteiger partial charge on any atom is -0.496 e. The number of rotatable bonds is 4. The van der Waals surface area contributed by atoms with Crippen LogP contribution >= 0.6 is 0 Å². The summed E-state index contributed by atoms with van der Waals surface area (Å²) in [4.78, 5) is 4.50. The van der Waals surface area contributed by atoms with E-state index in [2.05, 4.69) is 20.3 Å². The third kappa shape index (κ3) is 2.49. The van der Waals surface area contributed by atoms with Crippen molar-refractivity contribution in [2.75, 3.05) is 7.11 Å². The molecule has 0 N–H and O–H groups in total. The SMILES string of the molecule is COc1cccc2c1c(-c1ccccn1)nn1c(-c3cc(C4CC4)on3)nnc21. The van der Waals surface area contributed by atoms with Crippen LogP contribution < -0.4 is 4.74 Å². The Morgan fingerprint density at radius 3 is 2.79 bits per heavy atom. The van der Waals surface area contributed by atoms with E-state index in [9.17, 15) is 0 Å². The van der Waals surface area contributed by atoms with E-state index in [-0.39, 0.29) is 0 Å². The molecule has 0 aliphatic heterocycles. The van der Waals surface area contributed by atoms with Crippen molar-refractivity contribution in [3.8, 4) is 28.7 Å². The largest absolute Gasteiger partial charge is 0.496 e. The summed E-state index contributed by atoms with van der Waals surface area (Å²) in [5.41, 5.74) is 2.69. The Morgan fingerprint density at radius 1 is 1.07 bits per heavy atom. The van der Waals surface area contributed by atoms with Gasteiger partial charge in [-0.15, -0.1) is 10.2 Å². The summed E-state index contributed by atoms with van der Waals surface area (Å²) in [6.07, 6.45) is 4.03. The molecule has 0 spiro atoms. The molecular formula is C21H16N6O2. The van der Waals surface area contributed by atoms with Crippen LogP contribution in [0.5, 0.6) is 5.75 Å². The van der Waals surface area contributed by atoms with Crippen molar-refractivity contribution in [1.29, 1.82) is 0 Å². The molecule has 8 nitrogen and oxygen atoms in total. The fourth-order valence-electron chi connectivity index (χ4n) is 3.62. The first-order valence-corrected chi connectivity index (χ1v) is 9.44. The van der Waals surface area contributed by atoms with Crippen LogP contribution in [0.25, 0.3) is 39.3 Å². The third-order valence-electron chi connectivity index (χ3n) is 5.21. The quantitative estimate of drug-likeness (QED) is 0.464. The lowest BCUT2D eigenvalue weighted by Crippen LogP contribution is -2.01. The zero-order valence-corrected chi connectivity index (χ0v) is 15.6. The normalized spacial score (nSPS) is 14.0. The van der Waals surface area contributed by atoms with Gasteiger partial charge in [0, 0.05) is 23.6 Å². The average molecular weight is 384 g/mol. The lowest BCUT2D eigenvalue weighted by atomic mass is 10.1. The summed E-state index contributed by atoms with van der Waals surface area (Å²) < 4.78 is 12.8. The lowest BCUT2D eigenvalue weighted by Gasteiger charge is -2.11. The van der Waals surface area contributed by atoms with Gasteiger partial charge in [0.1, 0.15) is 17.2 Å². The molecular weight excluding hydrogens is 368 g/mol. The van der Waals surface area contributed by atoms with Crippen molar-refractivity contribution < 1.29 is 9.26 Å². The van der Waals surface area contributed by atoms with E-state index < -0.39 is 0 Å². The highest BCUT2D eigenvalue weighted by atomic mass is 16.5. The molecule has 142 valence electrons. The number of pyridine rings is 1. The zero-order valence-electron chi connectivity index (χ0n) is 15.6. The standard InChI is InChI=1S/C21H16N6O2/c1-28-16-7-4-5-13-18(16)19(14-6-2-3-10-22-14)25-27-20(13)23-24-21(27)15-11-17(29-26-15)12-8-9-12/h2-7,10-12H,8-9H2,1H3. The van der Waals surface area contributed by atoms with Crippen molar-refractivity contribution in [1.82, 2.24) is 30.0 Å². The molecule has 5 aromatic rings. The fraction of sp³-hybridized carbons (Fsp3) is 0.190. The number of ether oxygens (including phenoxy) is 1. The van der Waals surface area contributed by atoms with Crippen molar-refractivity contribution in [3.63, 3.8) is 0 Å². The second kappa shape index (κ2) is 6.10. The van der Waals surface area contributed by atoms with E-state index in [0.717, 1.165) is 35.1 Å². The molecule has 0 amide bonds. The fourth-order valence-corrected chi connectivity index (χ4v) is 3.62. The molecule has 0 bridgehead atoms.